The number of amides is 2. The van der Waals surface area contributed by atoms with Crippen LogP contribution in [-0.2, 0) is 4.79 Å². The number of hydrogen-bond donors (Lipinski definition) is 2. The molecule has 1 saturated heterocycles. The smallest absolute Gasteiger partial charge is 0.271 e. The molecule has 2 heterocycles. The first-order valence-electron chi connectivity index (χ1n) is 9.00. The minimum atomic E-state index is -0.613. The first-order valence-corrected chi connectivity index (χ1v) is 9.38. The molecule has 8 nitrogen and oxygen atoms in total. The quantitative estimate of drug-likeness (QED) is 0.787. The number of likely N-dealkylation sites (tertiary alicyclic amines) is 1. The highest BCUT2D eigenvalue weighted by molar-refractivity contribution is 6.30. The molecule has 0 radical (unpaired) electrons. The number of aromatic amines is 1. The lowest BCUT2D eigenvalue weighted by Gasteiger charge is -2.33. The van der Waals surface area contributed by atoms with E-state index < -0.39 is 6.10 Å². The van der Waals surface area contributed by atoms with E-state index in [1.807, 2.05) is 0 Å². The Morgan fingerprint density at radius 1 is 1.21 bits per heavy atom. The molecule has 2 N–H and O–H groups in total. The zero-order valence-electron chi connectivity index (χ0n) is 15.4. The summed E-state index contributed by atoms with van der Waals surface area (Å²) in [5, 5.41) is 9.44. The molecule has 9 heteroatoms. The first-order chi connectivity index (χ1) is 13.4. The van der Waals surface area contributed by atoms with Gasteiger partial charge in [-0.05, 0) is 50.1 Å². The molecule has 2 aromatic rings. The normalized spacial score (nSPS) is 15.7. The van der Waals surface area contributed by atoms with E-state index in [0.717, 1.165) is 0 Å². The van der Waals surface area contributed by atoms with Gasteiger partial charge in [-0.3, -0.25) is 14.4 Å². The monoisotopic (exact) mass is 404 g/mol. The number of nitrogens with one attached hydrogen (secondary N) is 2. The molecule has 1 fully saturated rings. The summed E-state index contributed by atoms with van der Waals surface area (Å²) >= 11 is 5.85. The molecule has 1 aromatic carbocycles. The van der Waals surface area contributed by atoms with Crippen LogP contribution in [0.5, 0.6) is 5.75 Å². The lowest BCUT2D eigenvalue weighted by atomic mass is 10.0. The van der Waals surface area contributed by atoms with Gasteiger partial charge in [0.25, 0.3) is 17.4 Å². The lowest BCUT2D eigenvalue weighted by Crippen LogP contribution is -2.49. The van der Waals surface area contributed by atoms with Gasteiger partial charge in [0.15, 0.2) is 6.10 Å². The fourth-order valence-electron chi connectivity index (χ4n) is 3.00. The predicted octanol–water partition coefficient (Wildman–Crippen LogP) is 1.61. The van der Waals surface area contributed by atoms with E-state index in [0.29, 0.717) is 36.7 Å². The molecule has 3 rings (SSSR count). The SMILES string of the molecule is CC(Oc1ccc(Cl)cc1)C(=O)N1CCC(NC(=O)c2ccc(=O)[nH]n2)CC1. The van der Waals surface area contributed by atoms with E-state index >= 15 is 0 Å². The fourth-order valence-corrected chi connectivity index (χ4v) is 3.13. The fraction of sp³-hybridized carbons (Fsp3) is 0.368. The van der Waals surface area contributed by atoms with Crippen LogP contribution in [-0.4, -0.2) is 52.1 Å². The van der Waals surface area contributed by atoms with Crippen LogP contribution in [0.25, 0.3) is 0 Å². The summed E-state index contributed by atoms with van der Waals surface area (Å²) in [6.07, 6.45) is 0.654. The molecule has 1 aliphatic rings. The second-order valence-electron chi connectivity index (χ2n) is 6.59. The third kappa shape index (κ3) is 5.10. The van der Waals surface area contributed by atoms with Gasteiger partial charge in [0.2, 0.25) is 0 Å². The van der Waals surface area contributed by atoms with Gasteiger partial charge in [0.05, 0.1) is 0 Å². The Kier molecular flexibility index (Phi) is 6.30. The molecule has 0 spiro atoms. The summed E-state index contributed by atoms with van der Waals surface area (Å²) in [5.41, 5.74) is -0.207. The minimum absolute atomic E-state index is 0.0576. The average molecular weight is 405 g/mol. The van der Waals surface area contributed by atoms with Crippen LogP contribution in [0, 0.1) is 0 Å². The lowest BCUT2D eigenvalue weighted by molar-refractivity contribution is -0.139. The van der Waals surface area contributed by atoms with Crippen molar-refractivity contribution in [1.29, 1.82) is 0 Å². The van der Waals surface area contributed by atoms with E-state index in [2.05, 4.69) is 15.5 Å². The largest absolute Gasteiger partial charge is 0.481 e. The number of carbonyl (C=O) groups excluding carboxylic acids is 2. The number of hydrogen-bond acceptors (Lipinski definition) is 5. The van der Waals surface area contributed by atoms with E-state index in [1.54, 1.807) is 36.1 Å². The summed E-state index contributed by atoms with van der Waals surface area (Å²) in [4.78, 5) is 37.5. The number of benzene rings is 1. The Bertz CT molecular complexity index is 871. The zero-order valence-corrected chi connectivity index (χ0v) is 16.1. The maximum atomic E-state index is 12.6. The van der Waals surface area contributed by atoms with Crippen molar-refractivity contribution in [2.75, 3.05) is 13.1 Å². The molecule has 1 aliphatic heterocycles. The molecule has 0 bridgehead atoms. The summed E-state index contributed by atoms with van der Waals surface area (Å²) in [6.45, 7) is 2.76. The second-order valence-corrected chi connectivity index (χ2v) is 7.03. The number of aromatic nitrogens is 2. The molecule has 0 saturated carbocycles. The number of nitrogens with zero attached hydrogens (tertiary/aromatic N) is 2. The van der Waals surface area contributed by atoms with Gasteiger partial charge in [0.1, 0.15) is 11.4 Å². The predicted molar refractivity (Wildman–Crippen MR) is 103 cm³/mol. The molecule has 1 atom stereocenters. The molecule has 1 unspecified atom stereocenters. The summed E-state index contributed by atoms with van der Waals surface area (Å²) in [5.74, 6) is 0.142. The maximum Gasteiger partial charge on any atom is 0.271 e. The number of halogens is 1. The van der Waals surface area contributed by atoms with Crippen molar-refractivity contribution < 1.29 is 14.3 Å². The number of ether oxygens (including phenoxy) is 1. The highest BCUT2D eigenvalue weighted by Gasteiger charge is 2.28. The Hall–Kier alpha value is -2.87. The Labute approximate surface area is 166 Å². The van der Waals surface area contributed by atoms with E-state index in [9.17, 15) is 14.4 Å². The Morgan fingerprint density at radius 2 is 1.89 bits per heavy atom. The molecule has 28 heavy (non-hydrogen) atoms. The van der Waals surface area contributed by atoms with Crippen molar-refractivity contribution in [3.8, 4) is 5.75 Å². The summed E-state index contributed by atoms with van der Waals surface area (Å²) in [6, 6.07) is 9.43. The van der Waals surface area contributed by atoms with Crippen LogP contribution in [0.1, 0.15) is 30.3 Å². The van der Waals surface area contributed by atoms with Crippen LogP contribution < -0.4 is 15.6 Å². The summed E-state index contributed by atoms with van der Waals surface area (Å²) in [7, 11) is 0. The zero-order chi connectivity index (χ0) is 20.1. The summed E-state index contributed by atoms with van der Waals surface area (Å²) < 4.78 is 5.69. The molecule has 1 aromatic heterocycles. The third-order valence-corrected chi connectivity index (χ3v) is 4.78. The molecular weight excluding hydrogens is 384 g/mol. The maximum absolute atomic E-state index is 12.6. The van der Waals surface area contributed by atoms with E-state index in [4.69, 9.17) is 16.3 Å². The number of carbonyl (C=O) groups is 2. The average Bonchev–Trinajstić information content (AvgIpc) is 2.70. The van der Waals surface area contributed by atoms with E-state index in [-0.39, 0.29) is 29.1 Å². The first kappa shape index (κ1) is 19.9. The molecule has 2 amide bonds. The number of piperidine rings is 1. The van der Waals surface area contributed by atoms with Crippen LogP contribution in [0.2, 0.25) is 5.02 Å². The minimum Gasteiger partial charge on any atom is -0.481 e. The topological polar surface area (TPSA) is 104 Å². The second kappa shape index (κ2) is 8.88. The van der Waals surface area contributed by atoms with E-state index in [1.165, 1.54) is 12.1 Å². The molecule has 0 aliphatic carbocycles. The van der Waals surface area contributed by atoms with Crippen LogP contribution in [0.4, 0.5) is 0 Å². The molecule has 148 valence electrons. The van der Waals surface area contributed by atoms with Crippen molar-refractivity contribution in [3.63, 3.8) is 0 Å². The van der Waals surface area contributed by atoms with Gasteiger partial charge in [0, 0.05) is 30.2 Å². The Balaban J connectivity index is 1.48. The molecular formula is C19H21ClN4O4. The van der Waals surface area contributed by atoms with Gasteiger partial charge in [-0.1, -0.05) is 11.6 Å². The van der Waals surface area contributed by atoms with Crippen molar-refractivity contribution in [2.24, 2.45) is 0 Å². The van der Waals surface area contributed by atoms with Gasteiger partial charge in [-0.15, -0.1) is 0 Å². The van der Waals surface area contributed by atoms with Crippen LogP contribution in [0.15, 0.2) is 41.2 Å². The highest BCUT2D eigenvalue weighted by atomic mass is 35.5. The van der Waals surface area contributed by atoms with Crippen molar-refractivity contribution in [2.45, 2.75) is 31.9 Å². The highest BCUT2D eigenvalue weighted by Crippen LogP contribution is 2.18. The number of rotatable bonds is 5. The van der Waals surface area contributed by atoms with Gasteiger partial charge in [-0.25, -0.2) is 5.10 Å². The standard InChI is InChI=1S/C19H21ClN4O4/c1-12(28-15-4-2-13(20)3-5-15)19(27)24-10-8-14(9-11-24)21-18(26)16-6-7-17(25)23-22-16/h2-7,12,14H,8-11H2,1H3,(H,21,26)(H,23,25). The Morgan fingerprint density at radius 3 is 2.50 bits per heavy atom. The third-order valence-electron chi connectivity index (χ3n) is 4.53. The van der Waals surface area contributed by atoms with Gasteiger partial charge >= 0.3 is 0 Å². The number of H-pyrrole nitrogens is 1. The van der Waals surface area contributed by atoms with Crippen molar-refractivity contribution >= 4 is 23.4 Å². The van der Waals surface area contributed by atoms with Gasteiger partial charge < -0.3 is 15.0 Å². The van der Waals surface area contributed by atoms with Crippen LogP contribution in [0.3, 0.4) is 0 Å². The van der Waals surface area contributed by atoms with Gasteiger partial charge in [-0.2, -0.15) is 5.10 Å². The van der Waals surface area contributed by atoms with Crippen molar-refractivity contribution in [1.82, 2.24) is 20.4 Å². The van der Waals surface area contributed by atoms with Crippen LogP contribution >= 0.6 is 11.6 Å². The van der Waals surface area contributed by atoms with Crippen molar-refractivity contribution in [3.05, 3.63) is 57.5 Å².